The largest absolute Gasteiger partial charge is 0.338 e. The van der Waals surface area contributed by atoms with Crippen molar-refractivity contribution in [3.05, 3.63) is 35.1 Å². The Kier molecular flexibility index (Phi) is 4.09. The topological polar surface area (TPSA) is 41.1 Å². The van der Waals surface area contributed by atoms with Gasteiger partial charge in [0.1, 0.15) is 5.82 Å². The molecule has 0 unspecified atom stereocenters. The van der Waals surface area contributed by atoms with Gasteiger partial charge in [-0.25, -0.2) is 9.18 Å². The SMILES string of the molecule is CCNC(=O)NCc1ccc(F)c(C)c1. The summed E-state index contributed by atoms with van der Waals surface area (Å²) in [6.45, 7) is 4.55. The Bertz CT molecular complexity index is 352. The molecule has 0 saturated carbocycles. The van der Waals surface area contributed by atoms with Crippen molar-refractivity contribution >= 4 is 6.03 Å². The summed E-state index contributed by atoms with van der Waals surface area (Å²) in [6, 6.07) is 4.58. The van der Waals surface area contributed by atoms with Crippen molar-refractivity contribution < 1.29 is 9.18 Å². The van der Waals surface area contributed by atoms with Crippen LogP contribution in [0.4, 0.5) is 9.18 Å². The van der Waals surface area contributed by atoms with Gasteiger partial charge in [-0.15, -0.1) is 0 Å². The van der Waals surface area contributed by atoms with Crippen LogP contribution in [0, 0.1) is 12.7 Å². The molecule has 0 fully saturated rings. The highest BCUT2D eigenvalue weighted by Gasteiger charge is 2.01. The van der Waals surface area contributed by atoms with Crippen molar-refractivity contribution in [1.29, 1.82) is 0 Å². The minimum atomic E-state index is -0.225. The fraction of sp³-hybridized carbons (Fsp3) is 0.364. The van der Waals surface area contributed by atoms with Crippen molar-refractivity contribution in [3.8, 4) is 0 Å². The van der Waals surface area contributed by atoms with Gasteiger partial charge in [-0.05, 0) is 31.0 Å². The van der Waals surface area contributed by atoms with E-state index in [1.807, 2.05) is 6.92 Å². The molecule has 3 nitrogen and oxygen atoms in total. The average Bonchev–Trinajstić information content (AvgIpc) is 2.20. The van der Waals surface area contributed by atoms with E-state index in [4.69, 9.17) is 0 Å². The summed E-state index contributed by atoms with van der Waals surface area (Å²) in [4.78, 5) is 11.1. The van der Waals surface area contributed by atoms with Gasteiger partial charge in [0.15, 0.2) is 0 Å². The number of halogens is 1. The van der Waals surface area contributed by atoms with Crippen LogP contribution in [0.5, 0.6) is 0 Å². The fourth-order valence-electron chi connectivity index (χ4n) is 1.22. The molecule has 1 aromatic carbocycles. The number of benzene rings is 1. The highest BCUT2D eigenvalue weighted by molar-refractivity contribution is 5.73. The molecule has 0 aliphatic carbocycles. The van der Waals surface area contributed by atoms with E-state index >= 15 is 0 Å². The van der Waals surface area contributed by atoms with Crippen LogP contribution in [0.1, 0.15) is 18.1 Å². The quantitative estimate of drug-likeness (QED) is 0.786. The van der Waals surface area contributed by atoms with Crippen LogP contribution >= 0.6 is 0 Å². The first kappa shape index (κ1) is 11.5. The van der Waals surface area contributed by atoms with Gasteiger partial charge < -0.3 is 10.6 Å². The third-order valence-corrected chi connectivity index (χ3v) is 2.01. The second kappa shape index (κ2) is 5.34. The number of nitrogens with one attached hydrogen (secondary N) is 2. The molecule has 0 aliphatic heterocycles. The van der Waals surface area contributed by atoms with Gasteiger partial charge >= 0.3 is 6.03 Å². The Morgan fingerprint density at radius 1 is 1.40 bits per heavy atom. The number of hydrogen-bond donors (Lipinski definition) is 2. The van der Waals surface area contributed by atoms with Gasteiger partial charge in [-0.1, -0.05) is 12.1 Å². The molecule has 2 amide bonds. The number of amides is 2. The Labute approximate surface area is 88.7 Å². The maximum atomic E-state index is 12.9. The van der Waals surface area contributed by atoms with Gasteiger partial charge in [0.2, 0.25) is 0 Å². The van der Waals surface area contributed by atoms with E-state index < -0.39 is 0 Å². The van der Waals surface area contributed by atoms with Crippen LogP contribution in [-0.2, 0) is 6.54 Å². The zero-order valence-corrected chi connectivity index (χ0v) is 8.93. The van der Waals surface area contributed by atoms with Crippen LogP contribution in [0.15, 0.2) is 18.2 Å². The number of carbonyl (C=O) groups excluding carboxylic acids is 1. The maximum Gasteiger partial charge on any atom is 0.315 e. The van der Waals surface area contributed by atoms with E-state index in [-0.39, 0.29) is 11.8 Å². The molecule has 1 rings (SSSR count). The number of rotatable bonds is 3. The number of carbonyl (C=O) groups is 1. The molecule has 82 valence electrons. The Hall–Kier alpha value is -1.58. The Morgan fingerprint density at radius 3 is 2.73 bits per heavy atom. The third-order valence-electron chi connectivity index (χ3n) is 2.01. The first-order valence-electron chi connectivity index (χ1n) is 4.90. The molecule has 15 heavy (non-hydrogen) atoms. The van der Waals surface area contributed by atoms with Crippen molar-refractivity contribution in [2.45, 2.75) is 20.4 Å². The second-order valence-electron chi connectivity index (χ2n) is 3.30. The fourth-order valence-corrected chi connectivity index (χ4v) is 1.22. The molecule has 4 heteroatoms. The highest BCUT2D eigenvalue weighted by Crippen LogP contribution is 2.08. The zero-order valence-electron chi connectivity index (χ0n) is 8.93. The van der Waals surface area contributed by atoms with Crippen LogP contribution in [0.25, 0.3) is 0 Å². The summed E-state index contributed by atoms with van der Waals surface area (Å²) in [7, 11) is 0. The van der Waals surface area contributed by atoms with Gasteiger partial charge in [0.05, 0.1) is 0 Å². The van der Waals surface area contributed by atoms with E-state index in [0.717, 1.165) is 5.56 Å². The van der Waals surface area contributed by atoms with Crippen molar-refractivity contribution in [2.75, 3.05) is 6.54 Å². The van der Waals surface area contributed by atoms with Gasteiger partial charge in [-0.3, -0.25) is 0 Å². The van der Waals surface area contributed by atoms with E-state index in [2.05, 4.69) is 10.6 Å². The van der Waals surface area contributed by atoms with E-state index in [1.165, 1.54) is 6.07 Å². The summed E-state index contributed by atoms with van der Waals surface area (Å²) in [5, 5.41) is 5.29. The van der Waals surface area contributed by atoms with E-state index in [0.29, 0.717) is 18.7 Å². The highest BCUT2D eigenvalue weighted by atomic mass is 19.1. The predicted molar refractivity (Wildman–Crippen MR) is 57.0 cm³/mol. The summed E-state index contributed by atoms with van der Waals surface area (Å²) < 4.78 is 12.9. The first-order valence-corrected chi connectivity index (χ1v) is 4.90. The normalized spacial score (nSPS) is 9.80. The summed E-state index contributed by atoms with van der Waals surface area (Å²) in [5.74, 6) is -0.225. The molecule has 0 heterocycles. The molecular formula is C11H15FN2O. The van der Waals surface area contributed by atoms with Crippen LogP contribution in [0.3, 0.4) is 0 Å². The van der Waals surface area contributed by atoms with Crippen molar-refractivity contribution in [3.63, 3.8) is 0 Å². The molecule has 0 radical (unpaired) electrons. The van der Waals surface area contributed by atoms with Crippen LogP contribution in [0.2, 0.25) is 0 Å². The van der Waals surface area contributed by atoms with Gasteiger partial charge in [0.25, 0.3) is 0 Å². The van der Waals surface area contributed by atoms with Crippen LogP contribution < -0.4 is 10.6 Å². The summed E-state index contributed by atoms with van der Waals surface area (Å²) >= 11 is 0. The van der Waals surface area contributed by atoms with E-state index in [1.54, 1.807) is 19.1 Å². The molecule has 0 atom stereocenters. The third kappa shape index (κ3) is 3.58. The maximum absolute atomic E-state index is 12.9. The van der Waals surface area contributed by atoms with Crippen molar-refractivity contribution in [2.24, 2.45) is 0 Å². The Balaban J connectivity index is 2.51. The lowest BCUT2D eigenvalue weighted by atomic mass is 10.1. The van der Waals surface area contributed by atoms with Gasteiger partial charge in [-0.2, -0.15) is 0 Å². The molecular weight excluding hydrogens is 195 g/mol. The standard InChI is InChI=1S/C11H15FN2O/c1-3-13-11(15)14-7-9-4-5-10(12)8(2)6-9/h4-6H,3,7H2,1-2H3,(H2,13,14,15). The number of hydrogen-bond acceptors (Lipinski definition) is 1. The molecule has 0 aromatic heterocycles. The molecule has 0 spiro atoms. The van der Waals surface area contributed by atoms with Crippen molar-refractivity contribution in [1.82, 2.24) is 10.6 Å². The number of urea groups is 1. The first-order chi connectivity index (χ1) is 7.13. The Morgan fingerprint density at radius 2 is 2.13 bits per heavy atom. The number of aryl methyl sites for hydroxylation is 1. The predicted octanol–water partition coefficient (Wildman–Crippen LogP) is 1.95. The lowest BCUT2D eigenvalue weighted by molar-refractivity contribution is 0.241. The monoisotopic (exact) mass is 210 g/mol. The molecule has 0 bridgehead atoms. The zero-order chi connectivity index (χ0) is 11.3. The summed E-state index contributed by atoms with van der Waals surface area (Å²) in [6.07, 6.45) is 0. The second-order valence-corrected chi connectivity index (χ2v) is 3.30. The molecule has 1 aromatic rings. The van der Waals surface area contributed by atoms with Gasteiger partial charge in [0, 0.05) is 13.1 Å². The van der Waals surface area contributed by atoms with E-state index in [9.17, 15) is 9.18 Å². The van der Waals surface area contributed by atoms with Crippen LogP contribution in [-0.4, -0.2) is 12.6 Å². The summed E-state index contributed by atoms with van der Waals surface area (Å²) in [5.41, 5.74) is 1.48. The average molecular weight is 210 g/mol. The molecule has 2 N–H and O–H groups in total. The molecule has 0 aliphatic rings. The minimum absolute atomic E-state index is 0.209. The molecule has 0 saturated heterocycles. The lowest BCUT2D eigenvalue weighted by Gasteiger charge is -2.06. The lowest BCUT2D eigenvalue weighted by Crippen LogP contribution is -2.34. The smallest absolute Gasteiger partial charge is 0.315 e. The minimum Gasteiger partial charge on any atom is -0.338 e.